The zero-order chi connectivity index (χ0) is 64.3. The first kappa shape index (κ1) is 61.7. The minimum absolute atomic E-state index is 0.0165. The summed E-state index contributed by atoms with van der Waals surface area (Å²) >= 11 is 0. The van der Waals surface area contributed by atoms with Crippen molar-refractivity contribution in [2.45, 2.75) is 44.2 Å². The number of rotatable bonds is 20. The van der Waals surface area contributed by atoms with E-state index in [9.17, 15) is 55.4 Å². The van der Waals surface area contributed by atoms with E-state index in [1.54, 1.807) is 30.3 Å². The molecule has 92 heavy (non-hydrogen) atoms. The first-order valence-corrected chi connectivity index (χ1v) is 30.2. The average molecular weight is 1210 g/mol. The number of benzene rings is 6. The van der Waals surface area contributed by atoms with E-state index in [1.165, 1.54) is 23.8 Å². The van der Waals surface area contributed by atoms with Crippen molar-refractivity contribution in [2.24, 2.45) is 17.8 Å². The number of nitriles is 3. The van der Waals surface area contributed by atoms with E-state index < -0.39 is 23.9 Å². The summed E-state index contributed by atoms with van der Waals surface area (Å²) in [5, 5.41) is 69.2. The highest BCUT2D eigenvalue weighted by molar-refractivity contribution is 5.97. The molecule has 1 fully saturated rings. The summed E-state index contributed by atoms with van der Waals surface area (Å²) in [6.07, 6.45) is 35.4. The van der Waals surface area contributed by atoms with Crippen LogP contribution in [0.4, 0.5) is 22.7 Å². The van der Waals surface area contributed by atoms with Crippen molar-refractivity contribution in [1.29, 1.82) is 15.8 Å². The number of carboxylic acids is 4. The number of anilines is 4. The third-order valence-corrected chi connectivity index (χ3v) is 17.1. The zero-order valence-electron chi connectivity index (χ0n) is 49.9. The van der Waals surface area contributed by atoms with Crippen LogP contribution in [0.25, 0.3) is 45.6 Å². The van der Waals surface area contributed by atoms with E-state index in [2.05, 4.69) is 155 Å². The van der Waals surface area contributed by atoms with Crippen LogP contribution in [0.15, 0.2) is 264 Å². The summed E-state index contributed by atoms with van der Waals surface area (Å²) in [7, 11) is 0. The largest absolute Gasteiger partial charge is 0.478 e. The van der Waals surface area contributed by atoms with Crippen molar-refractivity contribution in [2.75, 3.05) is 16.3 Å². The van der Waals surface area contributed by atoms with E-state index in [0.717, 1.165) is 98.8 Å². The summed E-state index contributed by atoms with van der Waals surface area (Å²) in [6.45, 7) is 0.828. The second-order valence-corrected chi connectivity index (χ2v) is 22.8. The third-order valence-electron chi connectivity index (χ3n) is 17.1. The first-order chi connectivity index (χ1) is 44.7. The molecule has 1 aliphatic heterocycles. The Labute approximate surface area is 533 Å². The van der Waals surface area contributed by atoms with E-state index in [4.69, 9.17) is 0 Å². The number of aliphatic carboxylic acids is 4. The zero-order valence-corrected chi connectivity index (χ0v) is 49.9. The van der Waals surface area contributed by atoms with Gasteiger partial charge in [0.25, 0.3) is 0 Å². The molecule has 4 aliphatic carbocycles. The predicted octanol–water partition coefficient (Wildman–Crippen LogP) is 15.5. The second-order valence-electron chi connectivity index (χ2n) is 22.8. The van der Waals surface area contributed by atoms with Gasteiger partial charge in [0, 0.05) is 46.3 Å². The number of nitrogens with one attached hydrogen (secondary N) is 1. The van der Waals surface area contributed by atoms with Crippen LogP contribution in [-0.4, -0.2) is 62.9 Å². The number of hydrogen-bond acceptors (Lipinski definition) is 10. The molecular weight excluding hydrogens is 1150 g/mol. The van der Waals surface area contributed by atoms with Crippen molar-refractivity contribution >= 4 is 69.9 Å². The molecule has 0 radical (unpaired) electrons. The summed E-state index contributed by atoms with van der Waals surface area (Å²) in [6, 6.07) is 53.4. The highest BCUT2D eigenvalue weighted by Crippen LogP contribution is 2.40. The number of nitrogens with zero attached hydrogens (tertiary/aromatic N) is 5. The lowest BCUT2D eigenvalue weighted by Crippen LogP contribution is -2.46. The molecule has 5 aliphatic rings. The molecule has 0 spiro atoms. The Balaban J connectivity index is 0.855. The fourth-order valence-corrected chi connectivity index (χ4v) is 11.9. The molecule has 14 nitrogen and oxygen atoms in total. The van der Waals surface area contributed by atoms with Crippen molar-refractivity contribution in [3.63, 3.8) is 0 Å². The van der Waals surface area contributed by atoms with Gasteiger partial charge in [0.05, 0.1) is 11.6 Å². The third kappa shape index (κ3) is 14.3. The van der Waals surface area contributed by atoms with Crippen LogP contribution in [0, 0.1) is 51.7 Å². The van der Waals surface area contributed by atoms with Crippen LogP contribution in [-0.2, 0) is 19.2 Å². The molecule has 452 valence electrons. The summed E-state index contributed by atoms with van der Waals surface area (Å²) < 4.78 is 0. The fourth-order valence-electron chi connectivity index (χ4n) is 11.9. The highest BCUT2D eigenvalue weighted by atomic mass is 16.4. The standard InChI is InChI=1S/C78H62N6O8/c79-47-64(75(85)86)43-50-1-9-54(10-2-50)58-17-29-67(30-18-58)83(68-31-19-59(20-32-68)55-11-3-51(4-12-55)44-65(48-80)76(87)88)71-37-25-62(26-38-71)63-27-39-72(40-28-63)84(69-33-21-60(22-34-69)56-13-5-52(6-14-56)45-66(49-81)77(89)90)70-35-23-61(24-36-70)57-15-7-53(8-16-57)46-73(78(91)92)74-41-42-82-74/h1-3,5-7,9-23,25-33,35-40,43-46,51,53,61,69,74,82H,4,8,24,34,41-42H2,(H,85,86)(H,87,88)(H,89,90)(H,91,92)/b64-43-,65-44-,66-45-,73-46-. The second kappa shape index (κ2) is 28.1. The van der Waals surface area contributed by atoms with Gasteiger partial charge < -0.3 is 35.5 Å². The van der Waals surface area contributed by atoms with E-state index in [1.807, 2.05) is 72.8 Å². The average Bonchev–Trinajstić information content (AvgIpc) is 1.05. The van der Waals surface area contributed by atoms with Crippen molar-refractivity contribution in [3.8, 4) is 40.5 Å². The Morgan fingerprint density at radius 3 is 1.27 bits per heavy atom. The Morgan fingerprint density at radius 2 is 0.880 bits per heavy atom. The summed E-state index contributed by atoms with van der Waals surface area (Å²) in [5.41, 5.74) is 14.5. The molecular formula is C78H62N6O8. The number of carbonyl (C=O) groups is 4. The van der Waals surface area contributed by atoms with Gasteiger partial charge in [-0.05, 0) is 173 Å². The van der Waals surface area contributed by atoms with Gasteiger partial charge in [-0.25, -0.2) is 19.2 Å². The van der Waals surface area contributed by atoms with Gasteiger partial charge in [0.1, 0.15) is 34.9 Å². The molecule has 1 heterocycles. The molecule has 5 unspecified atom stereocenters. The van der Waals surface area contributed by atoms with Gasteiger partial charge in [-0.15, -0.1) is 0 Å². The smallest absolute Gasteiger partial charge is 0.346 e. The maximum atomic E-state index is 12.1. The monoisotopic (exact) mass is 1210 g/mol. The predicted molar refractivity (Wildman–Crippen MR) is 358 cm³/mol. The Bertz CT molecular complexity index is 4400. The maximum absolute atomic E-state index is 12.1. The highest BCUT2D eigenvalue weighted by Gasteiger charge is 2.28. The van der Waals surface area contributed by atoms with Crippen LogP contribution < -0.4 is 15.1 Å². The molecule has 11 rings (SSSR count). The van der Waals surface area contributed by atoms with Crippen molar-refractivity contribution in [1.82, 2.24) is 5.32 Å². The lowest BCUT2D eigenvalue weighted by atomic mass is 9.84. The molecule has 0 amide bonds. The Morgan fingerprint density at radius 1 is 0.446 bits per heavy atom. The molecule has 5 N–H and O–H groups in total. The molecule has 0 saturated carbocycles. The topological polar surface area (TPSA) is 239 Å². The summed E-state index contributed by atoms with van der Waals surface area (Å²) in [4.78, 5) is 51.1. The molecule has 0 bridgehead atoms. The molecule has 6 aromatic carbocycles. The van der Waals surface area contributed by atoms with Gasteiger partial charge in [-0.1, -0.05) is 176 Å². The first-order valence-electron chi connectivity index (χ1n) is 30.2. The number of hydrogen-bond donors (Lipinski definition) is 5. The van der Waals surface area contributed by atoms with Gasteiger partial charge in [0.15, 0.2) is 0 Å². The fraction of sp³-hybridized carbons (Fsp3) is 0.141. The minimum atomic E-state index is -1.29. The van der Waals surface area contributed by atoms with Crippen LogP contribution in [0.2, 0.25) is 0 Å². The molecule has 1 saturated heterocycles. The number of carboxylic acid groups (broad SMARTS) is 4. The Kier molecular flexibility index (Phi) is 18.8. The normalized spacial score (nSPS) is 19.6. The lowest BCUT2D eigenvalue weighted by molar-refractivity contribution is -0.134. The van der Waals surface area contributed by atoms with Gasteiger partial charge in [0.2, 0.25) is 0 Å². The summed E-state index contributed by atoms with van der Waals surface area (Å²) in [5.74, 6) is -4.72. The van der Waals surface area contributed by atoms with Crippen LogP contribution in [0.3, 0.4) is 0 Å². The lowest BCUT2D eigenvalue weighted by Gasteiger charge is -2.36. The Hall–Kier alpha value is -11.9. The quantitative estimate of drug-likeness (QED) is 0.0353. The molecule has 14 heteroatoms. The van der Waals surface area contributed by atoms with E-state index in [-0.39, 0.29) is 46.6 Å². The molecule has 6 aromatic rings. The van der Waals surface area contributed by atoms with Gasteiger partial charge in [-0.3, -0.25) is 0 Å². The van der Waals surface area contributed by atoms with Crippen molar-refractivity contribution in [3.05, 3.63) is 286 Å². The van der Waals surface area contributed by atoms with Crippen molar-refractivity contribution < 1.29 is 39.6 Å². The SMILES string of the molecule is N#C/C(=C/c1ccc(C2=CCC(N(C3=CCC(C4=CCC(/C=C(\C(=O)O)C5CCN5)C=C4)C=C3)c3ccc(-c4ccc(N(c5ccc(C6=CCC(/C=C(/C#N)C(=O)O)C=C6)cc5)c5ccc(-c6ccc(/C=C(/C#N)C(=O)O)cc6)cc5)cc4)cc3)C=C2)cc1)C(=O)O. The van der Waals surface area contributed by atoms with Gasteiger partial charge >= 0.3 is 23.9 Å². The maximum Gasteiger partial charge on any atom is 0.346 e. The number of allylic oxidation sites excluding steroid dienone is 15. The van der Waals surface area contributed by atoms with Crippen LogP contribution in [0.5, 0.6) is 0 Å². The molecule has 5 atom stereocenters. The van der Waals surface area contributed by atoms with Gasteiger partial charge in [-0.2, -0.15) is 15.8 Å². The van der Waals surface area contributed by atoms with E-state index in [0.29, 0.717) is 29.5 Å². The molecule has 0 aromatic heterocycles. The minimum Gasteiger partial charge on any atom is -0.478 e. The van der Waals surface area contributed by atoms with Crippen LogP contribution >= 0.6 is 0 Å². The van der Waals surface area contributed by atoms with E-state index >= 15 is 0 Å². The van der Waals surface area contributed by atoms with Crippen LogP contribution in [0.1, 0.15) is 54.4 Å².